The molecule has 1 aromatic rings. The monoisotopic (exact) mass is 308 g/mol. The molecule has 5 heteroatoms. The summed E-state index contributed by atoms with van der Waals surface area (Å²) >= 11 is 1.82. The van der Waals surface area contributed by atoms with Gasteiger partial charge in [-0.25, -0.2) is 4.79 Å². The lowest BCUT2D eigenvalue weighted by Crippen LogP contribution is -2.57. The Balaban J connectivity index is 1.79. The lowest BCUT2D eigenvalue weighted by molar-refractivity contribution is -0.0143. The van der Waals surface area contributed by atoms with Crippen LogP contribution in [0.1, 0.15) is 44.2 Å². The van der Waals surface area contributed by atoms with Gasteiger partial charge in [-0.1, -0.05) is 0 Å². The summed E-state index contributed by atoms with van der Waals surface area (Å²) in [4.78, 5) is 18.3. The van der Waals surface area contributed by atoms with Crippen LogP contribution in [0.5, 0.6) is 0 Å². The molecule has 1 aromatic heterocycles. The van der Waals surface area contributed by atoms with Crippen molar-refractivity contribution in [1.29, 1.82) is 0 Å². The second-order valence-electron chi connectivity index (χ2n) is 7.05. The molecule has 2 aliphatic heterocycles. The zero-order valence-corrected chi connectivity index (χ0v) is 14.1. The van der Waals surface area contributed by atoms with Crippen LogP contribution in [0.3, 0.4) is 0 Å². The van der Waals surface area contributed by atoms with Crippen molar-refractivity contribution >= 4 is 17.4 Å². The number of piperazine rings is 1. The summed E-state index contributed by atoms with van der Waals surface area (Å²) in [7, 11) is 0. The SMILES string of the molecule is CC1CN2CCc3ccsc3C2CN1C(=O)OC(C)(C)C. The van der Waals surface area contributed by atoms with Crippen molar-refractivity contribution in [3.63, 3.8) is 0 Å². The molecule has 2 aliphatic rings. The molecule has 0 spiro atoms. The zero-order valence-electron chi connectivity index (χ0n) is 13.3. The molecule has 1 fully saturated rings. The van der Waals surface area contributed by atoms with Crippen molar-refractivity contribution in [3.05, 3.63) is 21.9 Å². The molecule has 1 amide bonds. The van der Waals surface area contributed by atoms with Crippen LogP contribution in [-0.2, 0) is 11.2 Å². The van der Waals surface area contributed by atoms with E-state index in [1.54, 1.807) is 0 Å². The predicted molar refractivity (Wildman–Crippen MR) is 84.7 cm³/mol. The molecule has 2 atom stereocenters. The molecular weight excluding hydrogens is 284 g/mol. The van der Waals surface area contributed by atoms with Gasteiger partial charge in [0.05, 0.1) is 6.04 Å². The molecule has 0 aliphatic carbocycles. The van der Waals surface area contributed by atoms with Gasteiger partial charge in [-0.3, -0.25) is 4.90 Å². The first kappa shape index (κ1) is 14.9. The van der Waals surface area contributed by atoms with E-state index >= 15 is 0 Å². The highest BCUT2D eigenvalue weighted by atomic mass is 32.1. The molecule has 21 heavy (non-hydrogen) atoms. The van der Waals surface area contributed by atoms with E-state index in [0.717, 1.165) is 26.1 Å². The fraction of sp³-hybridized carbons (Fsp3) is 0.688. The van der Waals surface area contributed by atoms with Crippen LogP contribution in [0.4, 0.5) is 4.79 Å². The van der Waals surface area contributed by atoms with E-state index in [1.165, 1.54) is 10.4 Å². The van der Waals surface area contributed by atoms with E-state index in [9.17, 15) is 4.79 Å². The Labute approximate surface area is 130 Å². The Bertz CT molecular complexity index is 535. The van der Waals surface area contributed by atoms with E-state index in [0.29, 0.717) is 6.04 Å². The van der Waals surface area contributed by atoms with Crippen molar-refractivity contribution in [3.8, 4) is 0 Å². The maximum Gasteiger partial charge on any atom is 0.410 e. The van der Waals surface area contributed by atoms with E-state index in [1.807, 2.05) is 37.0 Å². The van der Waals surface area contributed by atoms with Gasteiger partial charge < -0.3 is 9.64 Å². The average Bonchev–Trinajstić information content (AvgIpc) is 2.84. The molecule has 3 rings (SSSR count). The number of nitrogens with zero attached hydrogens (tertiary/aromatic N) is 2. The number of hydrogen-bond donors (Lipinski definition) is 0. The lowest BCUT2D eigenvalue weighted by atomic mass is 9.97. The Morgan fingerprint density at radius 3 is 2.86 bits per heavy atom. The van der Waals surface area contributed by atoms with Crippen LogP contribution in [0.15, 0.2) is 11.4 Å². The second-order valence-corrected chi connectivity index (χ2v) is 8.00. The smallest absolute Gasteiger partial charge is 0.410 e. The largest absolute Gasteiger partial charge is 0.444 e. The number of thiophene rings is 1. The Morgan fingerprint density at radius 1 is 1.38 bits per heavy atom. The predicted octanol–water partition coefficient (Wildman–Crippen LogP) is 3.29. The van der Waals surface area contributed by atoms with Crippen molar-refractivity contribution < 1.29 is 9.53 Å². The molecule has 4 nitrogen and oxygen atoms in total. The van der Waals surface area contributed by atoms with Gasteiger partial charge in [0.2, 0.25) is 0 Å². The number of rotatable bonds is 0. The van der Waals surface area contributed by atoms with Crippen LogP contribution in [0.25, 0.3) is 0 Å². The number of hydrogen-bond acceptors (Lipinski definition) is 4. The third-order valence-corrected chi connectivity index (χ3v) is 5.28. The maximum atomic E-state index is 12.4. The lowest BCUT2D eigenvalue weighted by Gasteiger charge is -2.47. The number of carbonyl (C=O) groups excluding carboxylic acids is 1. The Morgan fingerprint density at radius 2 is 2.14 bits per heavy atom. The quantitative estimate of drug-likeness (QED) is 0.737. The molecule has 1 saturated heterocycles. The van der Waals surface area contributed by atoms with E-state index < -0.39 is 5.60 Å². The van der Waals surface area contributed by atoms with E-state index in [-0.39, 0.29) is 12.1 Å². The Hall–Kier alpha value is -1.07. The minimum absolute atomic E-state index is 0.182. The standard InChI is InChI=1S/C16H24N2O2S/c1-11-9-17-7-5-12-6-8-21-14(12)13(17)10-18(11)15(19)20-16(2,3)4/h6,8,11,13H,5,7,9-10H2,1-4H3. The van der Waals surface area contributed by atoms with Gasteiger partial charge in [-0.2, -0.15) is 0 Å². The summed E-state index contributed by atoms with van der Waals surface area (Å²) < 4.78 is 5.57. The number of amides is 1. The summed E-state index contributed by atoms with van der Waals surface area (Å²) in [6.07, 6.45) is 0.951. The van der Waals surface area contributed by atoms with Gasteiger partial charge in [0.25, 0.3) is 0 Å². The highest BCUT2D eigenvalue weighted by Crippen LogP contribution is 2.37. The van der Waals surface area contributed by atoms with Crippen molar-refractivity contribution in [2.24, 2.45) is 0 Å². The van der Waals surface area contributed by atoms with Crippen LogP contribution in [-0.4, -0.2) is 47.2 Å². The topological polar surface area (TPSA) is 32.8 Å². The molecule has 0 aromatic carbocycles. The third-order valence-electron chi connectivity index (χ3n) is 4.22. The van der Waals surface area contributed by atoms with Gasteiger partial charge in [0.1, 0.15) is 5.60 Å². The minimum atomic E-state index is -0.436. The molecule has 0 N–H and O–H groups in total. The van der Waals surface area contributed by atoms with Crippen LogP contribution < -0.4 is 0 Å². The molecule has 2 unspecified atom stereocenters. The van der Waals surface area contributed by atoms with Crippen molar-refractivity contribution in [1.82, 2.24) is 9.80 Å². The first-order chi connectivity index (χ1) is 9.85. The molecule has 0 radical (unpaired) electrons. The number of ether oxygens (including phenoxy) is 1. The van der Waals surface area contributed by atoms with Gasteiger partial charge in [0.15, 0.2) is 0 Å². The van der Waals surface area contributed by atoms with Gasteiger partial charge >= 0.3 is 6.09 Å². The summed E-state index contributed by atoms with van der Waals surface area (Å²) in [5, 5.41) is 2.17. The van der Waals surface area contributed by atoms with Crippen LogP contribution in [0, 0.1) is 0 Å². The fourth-order valence-corrected chi connectivity index (χ4v) is 4.31. The minimum Gasteiger partial charge on any atom is -0.444 e. The number of fused-ring (bicyclic) bond motifs is 3. The first-order valence-corrected chi connectivity index (χ1v) is 8.53. The van der Waals surface area contributed by atoms with E-state index in [2.05, 4.69) is 23.3 Å². The molecule has 0 bridgehead atoms. The summed E-state index contributed by atoms with van der Waals surface area (Å²) in [5.74, 6) is 0. The van der Waals surface area contributed by atoms with Gasteiger partial charge in [-0.15, -0.1) is 11.3 Å². The summed E-state index contributed by atoms with van der Waals surface area (Å²) in [5.41, 5.74) is 1.02. The molecular formula is C16H24N2O2S. The molecule has 116 valence electrons. The van der Waals surface area contributed by atoms with Gasteiger partial charge in [-0.05, 0) is 51.1 Å². The Kier molecular flexibility index (Phi) is 3.74. The summed E-state index contributed by atoms with van der Waals surface area (Å²) in [6.45, 7) is 10.6. The first-order valence-electron chi connectivity index (χ1n) is 7.65. The zero-order chi connectivity index (χ0) is 15.2. The van der Waals surface area contributed by atoms with Gasteiger partial charge in [0, 0.05) is 30.6 Å². The van der Waals surface area contributed by atoms with Crippen LogP contribution >= 0.6 is 11.3 Å². The number of carbonyl (C=O) groups is 1. The second kappa shape index (κ2) is 5.29. The highest BCUT2D eigenvalue weighted by molar-refractivity contribution is 7.10. The average molecular weight is 308 g/mol. The van der Waals surface area contributed by atoms with Crippen molar-refractivity contribution in [2.75, 3.05) is 19.6 Å². The van der Waals surface area contributed by atoms with E-state index in [4.69, 9.17) is 4.74 Å². The van der Waals surface area contributed by atoms with Crippen molar-refractivity contribution in [2.45, 2.75) is 51.8 Å². The summed E-state index contributed by atoms with van der Waals surface area (Å²) in [6, 6.07) is 2.78. The van der Waals surface area contributed by atoms with Crippen LogP contribution in [0.2, 0.25) is 0 Å². The molecule has 3 heterocycles. The fourth-order valence-electron chi connectivity index (χ4n) is 3.23. The normalized spacial score (nSPS) is 26.2. The maximum absolute atomic E-state index is 12.4. The highest BCUT2D eigenvalue weighted by Gasteiger charge is 2.39. The molecule has 0 saturated carbocycles. The third kappa shape index (κ3) is 2.94.